The van der Waals surface area contributed by atoms with Crippen LogP contribution >= 0.6 is 0 Å². The maximum atomic E-state index is 8.86. The third kappa shape index (κ3) is 2.83. The van der Waals surface area contributed by atoms with Crippen LogP contribution in [-0.4, -0.2) is 30.2 Å². The third-order valence-corrected chi connectivity index (χ3v) is 3.09. The van der Waals surface area contributed by atoms with Crippen LogP contribution in [0, 0.1) is 6.42 Å². The summed E-state index contributed by atoms with van der Waals surface area (Å²) in [4.78, 5) is 2.14. The lowest BCUT2D eigenvalue weighted by atomic mass is 9.90. The summed E-state index contributed by atoms with van der Waals surface area (Å²) in [5.74, 6) is 0. The zero-order chi connectivity index (χ0) is 11.4. The molecule has 1 aliphatic carbocycles. The van der Waals surface area contributed by atoms with Crippen molar-refractivity contribution in [1.82, 2.24) is 4.90 Å². The average molecular weight is 217 g/mol. The summed E-state index contributed by atoms with van der Waals surface area (Å²) >= 11 is 0. The zero-order valence-corrected chi connectivity index (χ0v) is 9.87. The van der Waals surface area contributed by atoms with Gasteiger partial charge in [0.05, 0.1) is 6.61 Å². The van der Waals surface area contributed by atoms with Crippen LogP contribution in [0.25, 0.3) is 0 Å². The van der Waals surface area contributed by atoms with Crippen molar-refractivity contribution >= 4 is 0 Å². The van der Waals surface area contributed by atoms with Crippen molar-refractivity contribution in [2.24, 2.45) is 0 Å². The first-order valence-electron chi connectivity index (χ1n) is 5.90. The Hall–Kier alpha value is -0.860. The highest BCUT2D eigenvalue weighted by Crippen LogP contribution is 2.22. The van der Waals surface area contributed by atoms with Gasteiger partial charge in [0.1, 0.15) is 0 Å². The maximum Gasteiger partial charge on any atom is 0.0558 e. The lowest BCUT2D eigenvalue weighted by Gasteiger charge is -2.19. The third-order valence-electron chi connectivity index (χ3n) is 3.09. The molecule has 0 saturated carbocycles. The highest BCUT2D eigenvalue weighted by Gasteiger charge is 2.10. The van der Waals surface area contributed by atoms with Crippen LogP contribution in [0.2, 0.25) is 0 Å². The van der Waals surface area contributed by atoms with Crippen molar-refractivity contribution in [1.29, 1.82) is 0 Å². The molecule has 0 atom stereocenters. The van der Waals surface area contributed by atoms with Crippen LogP contribution in [0.15, 0.2) is 18.2 Å². The van der Waals surface area contributed by atoms with Gasteiger partial charge < -0.3 is 5.11 Å². The van der Waals surface area contributed by atoms with Gasteiger partial charge in [0.2, 0.25) is 0 Å². The summed E-state index contributed by atoms with van der Waals surface area (Å²) in [6.07, 6.45) is 6.60. The predicted octanol–water partition coefficient (Wildman–Crippen LogP) is 1.68. The number of rotatable bonds is 4. The van der Waals surface area contributed by atoms with E-state index in [9.17, 15) is 0 Å². The Kier molecular flexibility index (Phi) is 3.97. The lowest BCUT2D eigenvalue weighted by molar-refractivity contribution is 0.217. The summed E-state index contributed by atoms with van der Waals surface area (Å²) in [7, 11) is 2.04. The lowest BCUT2D eigenvalue weighted by Crippen LogP contribution is -2.21. The first-order chi connectivity index (χ1) is 7.79. The molecule has 86 valence electrons. The Labute approximate surface area is 97.9 Å². The van der Waals surface area contributed by atoms with E-state index in [1.165, 1.54) is 16.7 Å². The quantitative estimate of drug-likeness (QED) is 0.829. The van der Waals surface area contributed by atoms with Crippen LogP contribution < -0.4 is 0 Å². The van der Waals surface area contributed by atoms with Crippen LogP contribution in [-0.2, 0) is 19.4 Å². The standard InChI is InChI=1S/C14H19NO/c1-15(8-9-16)11-12-6-7-13-4-2-3-5-14(13)10-12/h6-7,10,16H,3-5,8-9,11H2,1H3. The molecule has 0 aliphatic heterocycles. The Morgan fingerprint density at radius 3 is 3.06 bits per heavy atom. The number of aliphatic hydroxyl groups is 1. The molecule has 1 aromatic rings. The van der Waals surface area contributed by atoms with E-state index >= 15 is 0 Å². The van der Waals surface area contributed by atoms with Gasteiger partial charge in [0.25, 0.3) is 0 Å². The molecular formula is C14H19NO. The second-order valence-electron chi connectivity index (χ2n) is 4.49. The summed E-state index contributed by atoms with van der Waals surface area (Å²) in [6, 6.07) is 6.73. The van der Waals surface area contributed by atoms with E-state index in [1.54, 1.807) is 0 Å². The van der Waals surface area contributed by atoms with Gasteiger partial charge in [-0.1, -0.05) is 18.2 Å². The van der Waals surface area contributed by atoms with Gasteiger partial charge in [-0.3, -0.25) is 4.90 Å². The van der Waals surface area contributed by atoms with Gasteiger partial charge in [-0.05, 0) is 49.4 Å². The number of benzene rings is 1. The molecule has 16 heavy (non-hydrogen) atoms. The number of hydrogen-bond donors (Lipinski definition) is 1. The summed E-state index contributed by atoms with van der Waals surface area (Å²) in [5, 5.41) is 8.86. The molecule has 2 heteroatoms. The van der Waals surface area contributed by atoms with E-state index in [0.717, 1.165) is 32.4 Å². The maximum absolute atomic E-state index is 8.86. The summed E-state index contributed by atoms with van der Waals surface area (Å²) < 4.78 is 0. The number of fused-ring (bicyclic) bond motifs is 1. The Bertz CT molecular complexity index is 349. The molecule has 1 aromatic carbocycles. The highest BCUT2D eigenvalue weighted by atomic mass is 16.3. The second-order valence-corrected chi connectivity index (χ2v) is 4.49. The molecule has 2 rings (SSSR count). The van der Waals surface area contributed by atoms with Crippen LogP contribution in [0.4, 0.5) is 0 Å². The fraction of sp³-hybridized carbons (Fsp3) is 0.500. The minimum absolute atomic E-state index is 0.228. The minimum Gasteiger partial charge on any atom is -0.395 e. The van der Waals surface area contributed by atoms with E-state index < -0.39 is 0 Å². The summed E-state index contributed by atoms with van der Waals surface area (Å²) in [6.45, 7) is 1.88. The fourth-order valence-electron chi connectivity index (χ4n) is 2.19. The average Bonchev–Trinajstić information content (AvgIpc) is 2.29. The van der Waals surface area contributed by atoms with Gasteiger partial charge in [-0.15, -0.1) is 0 Å². The smallest absolute Gasteiger partial charge is 0.0558 e. The number of hydrogen-bond acceptors (Lipinski definition) is 2. The van der Waals surface area contributed by atoms with Gasteiger partial charge in [-0.2, -0.15) is 0 Å². The topological polar surface area (TPSA) is 23.5 Å². The molecular weight excluding hydrogens is 198 g/mol. The van der Waals surface area contributed by atoms with Crippen molar-refractivity contribution in [3.63, 3.8) is 0 Å². The number of likely N-dealkylation sites (N-methyl/N-ethyl adjacent to an activating group) is 1. The molecule has 2 nitrogen and oxygen atoms in total. The van der Waals surface area contributed by atoms with Gasteiger partial charge in [0, 0.05) is 13.1 Å². The van der Waals surface area contributed by atoms with E-state index in [2.05, 4.69) is 29.5 Å². The second kappa shape index (κ2) is 5.46. The van der Waals surface area contributed by atoms with Crippen molar-refractivity contribution < 1.29 is 5.11 Å². The van der Waals surface area contributed by atoms with Gasteiger partial charge in [-0.25, -0.2) is 0 Å². The molecule has 2 radical (unpaired) electrons. The van der Waals surface area contributed by atoms with Crippen LogP contribution in [0.3, 0.4) is 0 Å². The Balaban J connectivity index is 2.05. The van der Waals surface area contributed by atoms with Gasteiger partial charge in [0.15, 0.2) is 0 Å². The molecule has 0 aromatic heterocycles. The molecule has 0 bridgehead atoms. The minimum atomic E-state index is 0.228. The van der Waals surface area contributed by atoms with Crippen molar-refractivity contribution in [2.75, 3.05) is 20.2 Å². The van der Waals surface area contributed by atoms with E-state index in [-0.39, 0.29) is 6.61 Å². The summed E-state index contributed by atoms with van der Waals surface area (Å²) in [5.41, 5.74) is 4.25. The number of aliphatic hydroxyl groups excluding tert-OH is 1. The van der Waals surface area contributed by atoms with E-state index in [0.29, 0.717) is 0 Å². The Morgan fingerprint density at radius 2 is 2.25 bits per heavy atom. The monoisotopic (exact) mass is 217 g/mol. The van der Waals surface area contributed by atoms with E-state index in [4.69, 9.17) is 5.11 Å². The molecule has 0 spiro atoms. The number of nitrogens with zero attached hydrogens (tertiary/aromatic N) is 1. The molecule has 0 unspecified atom stereocenters. The Morgan fingerprint density at radius 1 is 1.38 bits per heavy atom. The number of aryl methyl sites for hydroxylation is 1. The van der Waals surface area contributed by atoms with Crippen molar-refractivity contribution in [2.45, 2.75) is 25.8 Å². The molecule has 0 heterocycles. The molecule has 0 saturated heterocycles. The molecule has 1 N–H and O–H groups in total. The fourth-order valence-corrected chi connectivity index (χ4v) is 2.19. The normalized spacial score (nSPS) is 15.2. The molecule has 0 fully saturated rings. The first-order valence-corrected chi connectivity index (χ1v) is 5.90. The molecule has 0 amide bonds. The van der Waals surface area contributed by atoms with Crippen LogP contribution in [0.1, 0.15) is 23.1 Å². The van der Waals surface area contributed by atoms with Crippen LogP contribution in [0.5, 0.6) is 0 Å². The SMILES string of the molecule is CN(CCO)Cc1ccc2c(c1)CC[C]C2. The first kappa shape index (κ1) is 11.6. The van der Waals surface area contributed by atoms with Crippen molar-refractivity contribution in [3.8, 4) is 0 Å². The van der Waals surface area contributed by atoms with Crippen molar-refractivity contribution in [3.05, 3.63) is 41.3 Å². The highest BCUT2D eigenvalue weighted by molar-refractivity contribution is 5.35. The zero-order valence-electron chi connectivity index (χ0n) is 9.87. The predicted molar refractivity (Wildman–Crippen MR) is 65.1 cm³/mol. The van der Waals surface area contributed by atoms with Gasteiger partial charge >= 0.3 is 0 Å². The largest absolute Gasteiger partial charge is 0.395 e. The molecule has 1 aliphatic rings. The van der Waals surface area contributed by atoms with E-state index in [1.807, 2.05) is 7.05 Å².